The van der Waals surface area contributed by atoms with Gasteiger partial charge in [0.25, 0.3) is 0 Å². The Labute approximate surface area is 86.0 Å². The zero-order chi connectivity index (χ0) is 10.3. The first-order valence-corrected chi connectivity index (χ1v) is 5.56. The van der Waals surface area contributed by atoms with E-state index in [0.29, 0.717) is 6.54 Å². The number of halogens is 1. The molecule has 0 aromatic rings. The number of rotatable bonds is 0. The molecule has 0 aromatic heterocycles. The van der Waals surface area contributed by atoms with Gasteiger partial charge in [-0.3, -0.25) is 0 Å². The first kappa shape index (κ1) is 10.2. The molecule has 1 fully saturated rings. The molecule has 0 aromatic carbocycles. The first-order valence-electron chi connectivity index (χ1n) is 5.56. The maximum atomic E-state index is 14.1. The number of allylic oxidation sites excluding steroid dienone is 2. The second-order valence-electron chi connectivity index (χ2n) is 5.04. The second-order valence-corrected chi connectivity index (χ2v) is 5.04. The van der Waals surface area contributed by atoms with E-state index in [4.69, 9.17) is 0 Å². The number of likely N-dealkylation sites (tertiary alicyclic amines) is 1. The molecule has 1 heterocycles. The topological polar surface area (TPSA) is 3.24 Å². The molecule has 1 nitrogen and oxygen atoms in total. The van der Waals surface area contributed by atoms with E-state index in [0.717, 1.165) is 25.8 Å². The molecule has 2 unspecified atom stereocenters. The highest BCUT2D eigenvalue weighted by Gasteiger charge is 2.46. The Bertz CT molecular complexity index is 271. The van der Waals surface area contributed by atoms with Gasteiger partial charge < -0.3 is 4.90 Å². The first-order chi connectivity index (χ1) is 6.56. The zero-order valence-electron chi connectivity index (χ0n) is 9.44. The number of piperidine rings is 1. The fourth-order valence-corrected chi connectivity index (χ4v) is 3.00. The third kappa shape index (κ3) is 1.31. The maximum absolute atomic E-state index is 14.1. The smallest absolute Gasteiger partial charge is 0.122 e. The third-order valence-electron chi connectivity index (χ3n) is 4.34. The zero-order valence-corrected chi connectivity index (χ0v) is 9.44. The second kappa shape index (κ2) is 3.34. The Balaban J connectivity index is 2.25. The molecule has 0 radical (unpaired) electrons. The Morgan fingerprint density at radius 3 is 2.57 bits per heavy atom. The highest BCUT2D eigenvalue weighted by Crippen LogP contribution is 2.50. The Kier molecular flexibility index (Phi) is 2.42. The number of nitrogens with zero attached hydrogens (tertiary/aromatic N) is 1. The number of hydrogen-bond acceptors (Lipinski definition) is 1. The summed E-state index contributed by atoms with van der Waals surface area (Å²) in [5, 5.41) is 0. The van der Waals surface area contributed by atoms with Crippen molar-refractivity contribution in [2.45, 2.75) is 39.3 Å². The standard InChI is InChI=1S/C12H20FN/c1-9-4-5-12(10(9)2)6-7-14(3)8-11(12)13/h11H,4-8H2,1-3H3. The number of hydrogen-bond donors (Lipinski definition) is 0. The molecular weight excluding hydrogens is 177 g/mol. The Hall–Kier alpha value is -0.370. The van der Waals surface area contributed by atoms with E-state index in [1.807, 2.05) is 7.05 Å². The summed E-state index contributed by atoms with van der Waals surface area (Å²) >= 11 is 0. The van der Waals surface area contributed by atoms with Crippen LogP contribution in [0.15, 0.2) is 11.1 Å². The molecule has 14 heavy (non-hydrogen) atoms. The van der Waals surface area contributed by atoms with Gasteiger partial charge in [0.1, 0.15) is 6.17 Å². The maximum Gasteiger partial charge on any atom is 0.122 e. The van der Waals surface area contributed by atoms with Crippen molar-refractivity contribution in [2.24, 2.45) is 5.41 Å². The Morgan fingerprint density at radius 1 is 1.36 bits per heavy atom. The molecule has 1 spiro atoms. The van der Waals surface area contributed by atoms with Gasteiger partial charge in [-0.05, 0) is 46.7 Å². The van der Waals surface area contributed by atoms with E-state index in [2.05, 4.69) is 18.7 Å². The summed E-state index contributed by atoms with van der Waals surface area (Å²) in [4.78, 5) is 2.11. The summed E-state index contributed by atoms with van der Waals surface area (Å²) in [6.07, 6.45) is 2.50. The van der Waals surface area contributed by atoms with Crippen molar-refractivity contribution < 1.29 is 4.39 Å². The third-order valence-corrected chi connectivity index (χ3v) is 4.34. The summed E-state index contributed by atoms with van der Waals surface area (Å²) in [6, 6.07) is 0. The van der Waals surface area contributed by atoms with Crippen LogP contribution in [0.3, 0.4) is 0 Å². The van der Waals surface area contributed by atoms with Gasteiger partial charge >= 0.3 is 0 Å². The largest absolute Gasteiger partial charge is 0.303 e. The van der Waals surface area contributed by atoms with Crippen molar-refractivity contribution in [3.05, 3.63) is 11.1 Å². The lowest BCUT2D eigenvalue weighted by atomic mass is 9.72. The molecule has 1 aliphatic heterocycles. The molecule has 2 aliphatic rings. The van der Waals surface area contributed by atoms with Gasteiger partial charge in [0, 0.05) is 12.0 Å². The van der Waals surface area contributed by atoms with Gasteiger partial charge in [-0.2, -0.15) is 0 Å². The fourth-order valence-electron chi connectivity index (χ4n) is 3.00. The van der Waals surface area contributed by atoms with E-state index in [1.165, 1.54) is 11.1 Å². The van der Waals surface area contributed by atoms with Crippen LogP contribution in [-0.4, -0.2) is 31.2 Å². The van der Waals surface area contributed by atoms with E-state index in [9.17, 15) is 4.39 Å². The van der Waals surface area contributed by atoms with E-state index in [-0.39, 0.29) is 5.41 Å². The monoisotopic (exact) mass is 197 g/mol. The quantitative estimate of drug-likeness (QED) is 0.540. The van der Waals surface area contributed by atoms with Crippen molar-refractivity contribution in [1.29, 1.82) is 0 Å². The molecule has 0 saturated carbocycles. The van der Waals surface area contributed by atoms with Crippen LogP contribution in [0.5, 0.6) is 0 Å². The molecule has 1 saturated heterocycles. The molecule has 1 aliphatic carbocycles. The summed E-state index contributed by atoms with van der Waals surface area (Å²) in [5.74, 6) is 0. The SMILES string of the molecule is CC1=C(C)C2(CC1)CCN(C)CC2F. The van der Waals surface area contributed by atoms with Crippen molar-refractivity contribution in [2.75, 3.05) is 20.1 Å². The van der Waals surface area contributed by atoms with Gasteiger partial charge in [0.2, 0.25) is 0 Å². The van der Waals surface area contributed by atoms with Crippen molar-refractivity contribution >= 4 is 0 Å². The van der Waals surface area contributed by atoms with Crippen LogP contribution in [-0.2, 0) is 0 Å². The van der Waals surface area contributed by atoms with Gasteiger partial charge in [-0.1, -0.05) is 11.1 Å². The summed E-state index contributed by atoms with van der Waals surface area (Å²) in [5.41, 5.74) is 2.69. The molecule has 2 heteroatoms. The van der Waals surface area contributed by atoms with E-state index in [1.54, 1.807) is 0 Å². The molecule has 2 rings (SSSR count). The van der Waals surface area contributed by atoms with Gasteiger partial charge in [0.15, 0.2) is 0 Å². The molecule has 2 atom stereocenters. The minimum atomic E-state index is -0.654. The van der Waals surface area contributed by atoms with Crippen LogP contribution in [0.4, 0.5) is 4.39 Å². The molecule has 80 valence electrons. The highest BCUT2D eigenvalue weighted by atomic mass is 19.1. The molecule has 0 bridgehead atoms. The lowest BCUT2D eigenvalue weighted by Crippen LogP contribution is -2.47. The summed E-state index contributed by atoms with van der Waals surface area (Å²) in [6.45, 7) is 5.96. The molecular formula is C12H20FN. The fraction of sp³-hybridized carbons (Fsp3) is 0.833. The van der Waals surface area contributed by atoms with Crippen LogP contribution in [0.2, 0.25) is 0 Å². The lowest BCUT2D eigenvalue weighted by Gasteiger charge is -2.42. The average Bonchev–Trinajstić information content (AvgIpc) is 2.42. The molecule has 0 N–H and O–H groups in total. The minimum absolute atomic E-state index is 0.0867. The highest BCUT2D eigenvalue weighted by molar-refractivity contribution is 5.28. The van der Waals surface area contributed by atoms with Crippen molar-refractivity contribution in [3.8, 4) is 0 Å². The van der Waals surface area contributed by atoms with Crippen LogP contribution < -0.4 is 0 Å². The van der Waals surface area contributed by atoms with Crippen LogP contribution in [0.25, 0.3) is 0 Å². The lowest BCUT2D eigenvalue weighted by molar-refractivity contribution is 0.0439. The van der Waals surface area contributed by atoms with Crippen LogP contribution in [0, 0.1) is 5.41 Å². The van der Waals surface area contributed by atoms with Crippen LogP contribution in [0.1, 0.15) is 33.1 Å². The van der Waals surface area contributed by atoms with Gasteiger partial charge in [-0.25, -0.2) is 4.39 Å². The van der Waals surface area contributed by atoms with E-state index < -0.39 is 6.17 Å². The Morgan fingerprint density at radius 2 is 2.07 bits per heavy atom. The van der Waals surface area contributed by atoms with Crippen LogP contribution >= 0.6 is 0 Å². The molecule has 0 amide bonds. The van der Waals surface area contributed by atoms with Gasteiger partial charge in [-0.15, -0.1) is 0 Å². The van der Waals surface area contributed by atoms with Crippen molar-refractivity contribution in [3.63, 3.8) is 0 Å². The predicted octanol–water partition coefficient (Wildman–Crippen LogP) is 2.78. The average molecular weight is 197 g/mol. The summed E-state index contributed by atoms with van der Waals surface area (Å²) < 4.78 is 14.1. The van der Waals surface area contributed by atoms with Crippen molar-refractivity contribution in [1.82, 2.24) is 4.90 Å². The minimum Gasteiger partial charge on any atom is -0.303 e. The normalized spacial score (nSPS) is 39.9. The van der Waals surface area contributed by atoms with E-state index >= 15 is 0 Å². The number of alkyl halides is 1. The summed E-state index contributed by atoms with van der Waals surface area (Å²) in [7, 11) is 2.01. The predicted molar refractivity (Wildman–Crippen MR) is 57.1 cm³/mol. The van der Waals surface area contributed by atoms with Gasteiger partial charge in [0.05, 0.1) is 0 Å².